The van der Waals surface area contributed by atoms with Crippen LogP contribution in [-0.2, 0) is 10.0 Å². The molecule has 1 aromatic rings. The number of rotatable bonds is 5. The van der Waals surface area contributed by atoms with Crippen LogP contribution in [0.4, 0.5) is 11.4 Å². The smallest absolute Gasteiger partial charge is 0.210 e. The Hall–Kier alpha value is -1.27. The normalized spacial score (nSPS) is 13.3. The molecular formula is C12H21N3O2S. The second-order valence-corrected chi connectivity index (χ2v) is 6.19. The molecule has 0 fully saturated rings. The van der Waals surface area contributed by atoms with Gasteiger partial charge in [0.05, 0.1) is 23.8 Å². The minimum Gasteiger partial charge on any atom is -0.397 e. The minimum atomic E-state index is -3.24. The molecule has 0 aliphatic carbocycles. The maximum Gasteiger partial charge on any atom is 0.210 e. The number of hydrogen-bond donors (Lipinski definition) is 2. The summed E-state index contributed by atoms with van der Waals surface area (Å²) in [5.41, 5.74) is 8.55. The average Bonchev–Trinajstić information content (AvgIpc) is 2.19. The van der Waals surface area contributed by atoms with Crippen LogP contribution in [0.3, 0.4) is 0 Å². The molecule has 0 aliphatic heterocycles. The minimum absolute atomic E-state index is 0.338. The maximum atomic E-state index is 11.3. The largest absolute Gasteiger partial charge is 0.397 e. The maximum absolute atomic E-state index is 11.3. The molecule has 1 unspecified atom stereocenters. The Balaban J connectivity index is 3.02. The fourth-order valence-corrected chi connectivity index (χ4v) is 2.71. The van der Waals surface area contributed by atoms with Crippen LogP contribution in [0, 0.1) is 6.92 Å². The summed E-state index contributed by atoms with van der Waals surface area (Å²) in [4.78, 5) is 1.91. The second-order valence-electron chi connectivity index (χ2n) is 4.41. The lowest BCUT2D eigenvalue weighted by Crippen LogP contribution is -2.46. The molecule has 0 aromatic heterocycles. The summed E-state index contributed by atoms with van der Waals surface area (Å²) >= 11 is 0. The van der Waals surface area contributed by atoms with Gasteiger partial charge in [-0.3, -0.25) is 0 Å². The van der Waals surface area contributed by atoms with Crippen LogP contribution in [0.25, 0.3) is 0 Å². The van der Waals surface area contributed by atoms with Crippen molar-refractivity contribution in [2.45, 2.75) is 26.9 Å². The number of benzene rings is 1. The van der Waals surface area contributed by atoms with Crippen LogP contribution >= 0.6 is 0 Å². The van der Waals surface area contributed by atoms with Crippen molar-refractivity contribution < 1.29 is 8.42 Å². The molecular weight excluding hydrogens is 250 g/mol. The fraction of sp³-hybridized carbons (Fsp3) is 0.500. The standard InChI is InChI=1S/C12H21N3O2S/c1-5-15(10(3)14-18(4,16)17)12-7-6-9(2)8-11(12)13/h6-8,10,14H,5,13H2,1-4H3. The Morgan fingerprint density at radius 1 is 1.44 bits per heavy atom. The molecule has 0 saturated carbocycles. The van der Waals surface area contributed by atoms with Gasteiger partial charge in [0.25, 0.3) is 0 Å². The highest BCUT2D eigenvalue weighted by molar-refractivity contribution is 7.88. The number of anilines is 2. The molecule has 1 aromatic carbocycles. The van der Waals surface area contributed by atoms with Gasteiger partial charge in [0, 0.05) is 6.54 Å². The number of nitrogens with zero attached hydrogens (tertiary/aromatic N) is 1. The molecule has 3 N–H and O–H groups in total. The number of nitrogen functional groups attached to an aromatic ring is 1. The third kappa shape index (κ3) is 3.89. The molecule has 18 heavy (non-hydrogen) atoms. The van der Waals surface area contributed by atoms with Crippen molar-refractivity contribution in [3.63, 3.8) is 0 Å². The Morgan fingerprint density at radius 2 is 2.06 bits per heavy atom. The molecule has 0 aliphatic rings. The summed E-state index contributed by atoms with van der Waals surface area (Å²) in [6.07, 6.45) is 0.811. The highest BCUT2D eigenvalue weighted by atomic mass is 32.2. The number of sulfonamides is 1. The number of nitrogens with one attached hydrogen (secondary N) is 1. The van der Waals surface area contributed by atoms with Crippen molar-refractivity contribution in [3.8, 4) is 0 Å². The molecule has 0 bridgehead atoms. The fourth-order valence-electron chi connectivity index (χ4n) is 1.96. The monoisotopic (exact) mass is 271 g/mol. The van der Waals surface area contributed by atoms with Crippen LogP contribution in [-0.4, -0.2) is 27.4 Å². The zero-order chi connectivity index (χ0) is 13.9. The summed E-state index contributed by atoms with van der Waals surface area (Å²) in [5.74, 6) is 0. The third-order valence-electron chi connectivity index (χ3n) is 2.69. The van der Waals surface area contributed by atoms with Crippen LogP contribution in [0.1, 0.15) is 19.4 Å². The number of hydrogen-bond acceptors (Lipinski definition) is 4. The van der Waals surface area contributed by atoms with Crippen molar-refractivity contribution in [1.29, 1.82) is 0 Å². The number of nitrogens with two attached hydrogens (primary N) is 1. The SMILES string of the molecule is CCN(c1ccc(C)cc1N)C(C)NS(C)(=O)=O. The molecule has 0 heterocycles. The van der Waals surface area contributed by atoms with Crippen molar-refractivity contribution in [3.05, 3.63) is 23.8 Å². The molecule has 0 radical (unpaired) electrons. The molecule has 5 nitrogen and oxygen atoms in total. The average molecular weight is 271 g/mol. The molecule has 102 valence electrons. The lowest BCUT2D eigenvalue weighted by atomic mass is 10.1. The summed E-state index contributed by atoms with van der Waals surface area (Å²) in [6, 6.07) is 5.75. The molecule has 0 saturated heterocycles. The Bertz CT molecular complexity index is 514. The van der Waals surface area contributed by atoms with E-state index in [-0.39, 0.29) is 6.17 Å². The van der Waals surface area contributed by atoms with Gasteiger partial charge >= 0.3 is 0 Å². The van der Waals surface area contributed by atoms with E-state index in [2.05, 4.69) is 4.72 Å². The van der Waals surface area contributed by atoms with E-state index in [1.54, 1.807) is 6.92 Å². The van der Waals surface area contributed by atoms with E-state index in [1.807, 2.05) is 36.9 Å². The van der Waals surface area contributed by atoms with Crippen LogP contribution in [0.2, 0.25) is 0 Å². The Kier molecular flexibility index (Phi) is 4.59. The van der Waals surface area contributed by atoms with Gasteiger partial charge in [0.1, 0.15) is 0 Å². The van der Waals surface area contributed by atoms with E-state index in [9.17, 15) is 8.42 Å². The van der Waals surface area contributed by atoms with Gasteiger partial charge in [-0.2, -0.15) is 4.72 Å². The zero-order valence-corrected chi connectivity index (χ0v) is 12.1. The van der Waals surface area contributed by atoms with Gasteiger partial charge in [-0.1, -0.05) is 6.07 Å². The van der Waals surface area contributed by atoms with Crippen LogP contribution in [0.15, 0.2) is 18.2 Å². The van der Waals surface area contributed by atoms with Gasteiger partial charge in [-0.15, -0.1) is 0 Å². The molecule has 1 rings (SSSR count). The van der Waals surface area contributed by atoms with E-state index >= 15 is 0 Å². The van der Waals surface area contributed by atoms with Crippen LogP contribution < -0.4 is 15.4 Å². The van der Waals surface area contributed by atoms with Crippen molar-refractivity contribution in [1.82, 2.24) is 4.72 Å². The van der Waals surface area contributed by atoms with Gasteiger partial charge in [-0.25, -0.2) is 8.42 Å². The first-order valence-corrected chi connectivity index (χ1v) is 7.73. The molecule has 6 heteroatoms. The van der Waals surface area contributed by atoms with Gasteiger partial charge in [-0.05, 0) is 38.5 Å². The van der Waals surface area contributed by atoms with E-state index in [0.29, 0.717) is 12.2 Å². The van der Waals surface area contributed by atoms with Crippen molar-refractivity contribution in [2.75, 3.05) is 23.4 Å². The predicted molar refractivity (Wildman–Crippen MR) is 76.1 cm³/mol. The van der Waals surface area contributed by atoms with Gasteiger partial charge in [0.15, 0.2) is 0 Å². The van der Waals surface area contributed by atoms with E-state index < -0.39 is 10.0 Å². The van der Waals surface area contributed by atoms with Crippen LogP contribution in [0.5, 0.6) is 0 Å². The topological polar surface area (TPSA) is 75.4 Å². The highest BCUT2D eigenvalue weighted by Gasteiger charge is 2.18. The molecule has 0 amide bonds. The van der Waals surface area contributed by atoms with Crippen molar-refractivity contribution >= 4 is 21.4 Å². The summed E-state index contributed by atoms with van der Waals surface area (Å²) in [7, 11) is -3.24. The first kappa shape index (κ1) is 14.8. The lowest BCUT2D eigenvalue weighted by molar-refractivity contribution is 0.555. The first-order valence-electron chi connectivity index (χ1n) is 5.84. The predicted octanol–water partition coefficient (Wildman–Crippen LogP) is 1.30. The van der Waals surface area contributed by atoms with E-state index in [1.165, 1.54) is 0 Å². The number of aryl methyl sites for hydroxylation is 1. The van der Waals surface area contributed by atoms with E-state index in [0.717, 1.165) is 17.5 Å². The van der Waals surface area contributed by atoms with Gasteiger partial charge in [0.2, 0.25) is 10.0 Å². The summed E-state index contributed by atoms with van der Waals surface area (Å²) in [6.45, 7) is 6.38. The molecule has 1 atom stereocenters. The quantitative estimate of drug-likeness (QED) is 0.625. The van der Waals surface area contributed by atoms with E-state index in [4.69, 9.17) is 5.73 Å². The molecule has 0 spiro atoms. The Morgan fingerprint density at radius 3 is 2.50 bits per heavy atom. The highest BCUT2D eigenvalue weighted by Crippen LogP contribution is 2.25. The lowest BCUT2D eigenvalue weighted by Gasteiger charge is -2.31. The summed E-state index contributed by atoms with van der Waals surface area (Å²) in [5, 5.41) is 0. The second kappa shape index (κ2) is 5.58. The Labute approximate surface area is 109 Å². The first-order chi connectivity index (χ1) is 8.24. The zero-order valence-electron chi connectivity index (χ0n) is 11.3. The van der Waals surface area contributed by atoms with Crippen molar-refractivity contribution in [2.24, 2.45) is 0 Å². The third-order valence-corrected chi connectivity index (χ3v) is 3.45. The summed E-state index contributed by atoms with van der Waals surface area (Å²) < 4.78 is 25.1. The van der Waals surface area contributed by atoms with Gasteiger partial charge < -0.3 is 10.6 Å².